The highest BCUT2D eigenvalue weighted by Crippen LogP contribution is 2.40. The zero-order valence-corrected chi connectivity index (χ0v) is 15.2. The molecule has 0 radical (unpaired) electrons. The van der Waals surface area contributed by atoms with Gasteiger partial charge in [0.05, 0.1) is 12.1 Å². The number of carbonyl (C=O) groups is 1. The predicted molar refractivity (Wildman–Crippen MR) is 100 cm³/mol. The summed E-state index contributed by atoms with van der Waals surface area (Å²) in [4.78, 5) is 25.7. The fraction of sp³-hybridized carbons (Fsp3) is 0.476. The molecule has 0 atom stereocenters. The lowest BCUT2D eigenvalue weighted by molar-refractivity contribution is -0.130. The molecule has 5 nitrogen and oxygen atoms in total. The molecule has 4 heterocycles. The molecule has 1 amide bonds. The lowest BCUT2D eigenvalue weighted by Gasteiger charge is -2.39. The first kappa shape index (κ1) is 17.2. The zero-order valence-electron chi connectivity index (χ0n) is 15.2. The van der Waals surface area contributed by atoms with Gasteiger partial charge in [0.1, 0.15) is 0 Å². The minimum atomic E-state index is 0.241. The van der Waals surface area contributed by atoms with Crippen molar-refractivity contribution < 1.29 is 4.79 Å². The van der Waals surface area contributed by atoms with Crippen molar-refractivity contribution in [1.82, 2.24) is 19.8 Å². The standard InChI is InChI=1S/C21H26N4O/c26-20(14-18-4-3-9-22-15-18)25-13-8-21(17-25)6-11-24(12-7-21)16-19-5-1-2-10-23-19/h1-5,9-10,15H,6-8,11-14,16-17H2. The Kier molecular flexibility index (Phi) is 4.98. The minimum Gasteiger partial charge on any atom is -0.342 e. The summed E-state index contributed by atoms with van der Waals surface area (Å²) in [5.41, 5.74) is 2.47. The highest BCUT2D eigenvalue weighted by Gasteiger charge is 2.41. The summed E-state index contributed by atoms with van der Waals surface area (Å²) in [7, 11) is 0. The molecule has 4 rings (SSSR count). The molecule has 2 saturated heterocycles. The van der Waals surface area contributed by atoms with Crippen molar-refractivity contribution in [3.8, 4) is 0 Å². The first-order chi connectivity index (χ1) is 12.7. The van der Waals surface area contributed by atoms with Crippen LogP contribution in [0.1, 0.15) is 30.5 Å². The molecule has 2 aromatic heterocycles. The summed E-state index contributed by atoms with van der Waals surface area (Å²) >= 11 is 0. The van der Waals surface area contributed by atoms with E-state index in [0.717, 1.165) is 50.4 Å². The normalized spacial score (nSPS) is 19.8. The van der Waals surface area contributed by atoms with Gasteiger partial charge >= 0.3 is 0 Å². The molecule has 2 aliphatic rings. The van der Waals surface area contributed by atoms with Gasteiger partial charge in [-0.2, -0.15) is 0 Å². The smallest absolute Gasteiger partial charge is 0.227 e. The number of piperidine rings is 1. The van der Waals surface area contributed by atoms with Gasteiger partial charge in [-0.15, -0.1) is 0 Å². The number of hydrogen-bond donors (Lipinski definition) is 0. The van der Waals surface area contributed by atoms with Crippen molar-refractivity contribution in [3.63, 3.8) is 0 Å². The maximum absolute atomic E-state index is 12.6. The molecule has 2 aliphatic heterocycles. The molecule has 0 aromatic carbocycles. The largest absolute Gasteiger partial charge is 0.342 e. The van der Waals surface area contributed by atoms with E-state index in [-0.39, 0.29) is 5.91 Å². The summed E-state index contributed by atoms with van der Waals surface area (Å²) in [5.74, 6) is 0.241. The molecule has 0 bridgehead atoms. The van der Waals surface area contributed by atoms with E-state index >= 15 is 0 Å². The zero-order chi connectivity index (χ0) is 17.8. The van der Waals surface area contributed by atoms with Crippen molar-refractivity contribution in [3.05, 3.63) is 60.2 Å². The lowest BCUT2D eigenvalue weighted by atomic mass is 9.78. The van der Waals surface area contributed by atoms with Gasteiger partial charge in [-0.1, -0.05) is 12.1 Å². The van der Waals surface area contributed by atoms with Gasteiger partial charge in [0.2, 0.25) is 5.91 Å². The molecule has 1 spiro atoms. The number of likely N-dealkylation sites (tertiary alicyclic amines) is 2. The maximum Gasteiger partial charge on any atom is 0.227 e. The molecule has 0 saturated carbocycles. The van der Waals surface area contributed by atoms with Crippen LogP contribution in [0.5, 0.6) is 0 Å². The molecule has 136 valence electrons. The van der Waals surface area contributed by atoms with Gasteiger partial charge < -0.3 is 4.90 Å². The summed E-state index contributed by atoms with van der Waals surface area (Å²) in [6.45, 7) is 4.95. The Morgan fingerprint density at radius 3 is 2.62 bits per heavy atom. The maximum atomic E-state index is 12.6. The Balaban J connectivity index is 1.29. The van der Waals surface area contributed by atoms with E-state index in [9.17, 15) is 4.79 Å². The van der Waals surface area contributed by atoms with Crippen LogP contribution >= 0.6 is 0 Å². The van der Waals surface area contributed by atoms with E-state index in [1.807, 2.05) is 24.4 Å². The summed E-state index contributed by atoms with van der Waals surface area (Å²) in [5, 5.41) is 0. The number of amides is 1. The number of pyridine rings is 2. The predicted octanol–water partition coefficient (Wildman–Crippen LogP) is 2.53. The van der Waals surface area contributed by atoms with Crippen LogP contribution in [0.4, 0.5) is 0 Å². The molecule has 0 N–H and O–H groups in total. The molecular weight excluding hydrogens is 324 g/mol. The van der Waals surface area contributed by atoms with Gasteiger partial charge in [0.15, 0.2) is 0 Å². The molecule has 5 heteroatoms. The van der Waals surface area contributed by atoms with E-state index < -0.39 is 0 Å². The SMILES string of the molecule is O=C(Cc1cccnc1)N1CCC2(CCN(Cc3ccccn3)CC2)C1. The second-order valence-corrected chi connectivity index (χ2v) is 7.70. The third kappa shape index (κ3) is 3.93. The van der Waals surface area contributed by atoms with Crippen LogP contribution in [-0.2, 0) is 17.8 Å². The van der Waals surface area contributed by atoms with Gasteiger partial charge in [0, 0.05) is 38.2 Å². The van der Waals surface area contributed by atoms with Gasteiger partial charge in [-0.25, -0.2) is 0 Å². The average molecular weight is 350 g/mol. The third-order valence-electron chi connectivity index (χ3n) is 5.90. The Hall–Kier alpha value is -2.27. The number of carbonyl (C=O) groups excluding carboxylic acids is 1. The van der Waals surface area contributed by atoms with Crippen LogP contribution in [0.2, 0.25) is 0 Å². The van der Waals surface area contributed by atoms with E-state index in [4.69, 9.17) is 0 Å². The number of hydrogen-bond acceptors (Lipinski definition) is 4. The van der Waals surface area contributed by atoms with Crippen molar-refractivity contribution in [2.75, 3.05) is 26.2 Å². The molecule has 26 heavy (non-hydrogen) atoms. The van der Waals surface area contributed by atoms with Crippen LogP contribution in [-0.4, -0.2) is 51.9 Å². The van der Waals surface area contributed by atoms with Gasteiger partial charge in [-0.3, -0.25) is 19.7 Å². The molecular formula is C21H26N4O. The Bertz CT molecular complexity index is 726. The van der Waals surface area contributed by atoms with E-state index in [2.05, 4.69) is 31.9 Å². The van der Waals surface area contributed by atoms with Crippen LogP contribution in [0, 0.1) is 5.41 Å². The topological polar surface area (TPSA) is 49.3 Å². The van der Waals surface area contributed by atoms with Gasteiger partial charge in [-0.05, 0) is 61.5 Å². The first-order valence-electron chi connectivity index (χ1n) is 9.51. The Morgan fingerprint density at radius 1 is 1.04 bits per heavy atom. The summed E-state index contributed by atoms with van der Waals surface area (Å²) < 4.78 is 0. The summed E-state index contributed by atoms with van der Waals surface area (Å²) in [6.07, 6.45) is 9.37. The Labute approximate surface area is 155 Å². The fourth-order valence-electron chi connectivity index (χ4n) is 4.25. The van der Waals surface area contributed by atoms with E-state index in [1.54, 1.807) is 12.4 Å². The number of rotatable bonds is 4. The summed E-state index contributed by atoms with van der Waals surface area (Å²) in [6, 6.07) is 9.98. The first-order valence-corrected chi connectivity index (χ1v) is 9.51. The molecule has 0 unspecified atom stereocenters. The van der Waals surface area contributed by atoms with Crippen LogP contribution in [0.15, 0.2) is 48.9 Å². The van der Waals surface area contributed by atoms with Crippen molar-refractivity contribution in [1.29, 1.82) is 0 Å². The van der Waals surface area contributed by atoms with E-state index in [0.29, 0.717) is 11.8 Å². The second-order valence-electron chi connectivity index (χ2n) is 7.70. The van der Waals surface area contributed by atoms with E-state index in [1.165, 1.54) is 12.8 Å². The highest BCUT2D eigenvalue weighted by molar-refractivity contribution is 5.79. The highest BCUT2D eigenvalue weighted by atomic mass is 16.2. The van der Waals surface area contributed by atoms with Crippen molar-refractivity contribution in [2.45, 2.75) is 32.2 Å². The quantitative estimate of drug-likeness (QED) is 0.850. The monoisotopic (exact) mass is 350 g/mol. The number of nitrogens with zero attached hydrogens (tertiary/aromatic N) is 4. The van der Waals surface area contributed by atoms with Crippen LogP contribution in [0.3, 0.4) is 0 Å². The van der Waals surface area contributed by atoms with Crippen molar-refractivity contribution >= 4 is 5.91 Å². The second kappa shape index (κ2) is 7.54. The average Bonchev–Trinajstić information content (AvgIpc) is 3.10. The molecule has 2 fully saturated rings. The van der Waals surface area contributed by atoms with Gasteiger partial charge in [0.25, 0.3) is 0 Å². The lowest BCUT2D eigenvalue weighted by Crippen LogP contribution is -2.42. The number of aromatic nitrogens is 2. The third-order valence-corrected chi connectivity index (χ3v) is 5.90. The van der Waals surface area contributed by atoms with Crippen molar-refractivity contribution in [2.24, 2.45) is 5.41 Å². The molecule has 0 aliphatic carbocycles. The minimum absolute atomic E-state index is 0.241. The van der Waals surface area contributed by atoms with Crippen LogP contribution < -0.4 is 0 Å². The Morgan fingerprint density at radius 2 is 1.88 bits per heavy atom. The molecule has 2 aromatic rings. The fourth-order valence-corrected chi connectivity index (χ4v) is 4.25. The van der Waals surface area contributed by atoms with Crippen LogP contribution in [0.25, 0.3) is 0 Å².